The highest BCUT2D eigenvalue weighted by Gasteiger charge is 2.46. The number of likely N-dealkylation sites (tertiary alicyclic amines) is 3. The van der Waals surface area contributed by atoms with Gasteiger partial charge in [-0.15, -0.1) is 0 Å². The summed E-state index contributed by atoms with van der Waals surface area (Å²) in [5.74, 6) is -0.0777. The maximum absolute atomic E-state index is 12.9. The highest BCUT2D eigenvalue weighted by Crippen LogP contribution is 2.33. The van der Waals surface area contributed by atoms with E-state index in [4.69, 9.17) is 0 Å². The number of hydrogen-bond donors (Lipinski definition) is 0. The molecule has 9 heteroatoms. The number of carbonyl (C=O) groups is 3. The SMILES string of the molecule is CN1C(=O)C[C@H]2CN(C(=O)C3CC(=O)N(C4CCS(=O)(=O)C4)C3)CC[C@H]21. The zero-order valence-electron chi connectivity index (χ0n) is 15.0. The second-order valence-corrected chi connectivity index (χ2v) is 10.3. The van der Waals surface area contributed by atoms with Crippen LogP contribution in [0.3, 0.4) is 0 Å². The van der Waals surface area contributed by atoms with Crippen LogP contribution in [0.1, 0.15) is 25.7 Å². The molecule has 0 aromatic rings. The summed E-state index contributed by atoms with van der Waals surface area (Å²) in [7, 11) is -1.23. The molecule has 0 aromatic heterocycles. The topological polar surface area (TPSA) is 95.1 Å². The van der Waals surface area contributed by atoms with Gasteiger partial charge in [-0.1, -0.05) is 0 Å². The number of fused-ring (bicyclic) bond motifs is 1. The van der Waals surface area contributed by atoms with E-state index in [0.29, 0.717) is 32.5 Å². The van der Waals surface area contributed by atoms with Crippen LogP contribution in [0.2, 0.25) is 0 Å². The lowest BCUT2D eigenvalue weighted by atomic mass is 9.92. The largest absolute Gasteiger partial charge is 0.342 e. The Morgan fingerprint density at radius 3 is 2.54 bits per heavy atom. The molecule has 4 aliphatic heterocycles. The van der Waals surface area contributed by atoms with Crippen molar-refractivity contribution >= 4 is 27.6 Å². The monoisotopic (exact) mass is 383 g/mol. The minimum absolute atomic E-state index is 0.0154. The van der Waals surface area contributed by atoms with Crippen LogP contribution in [0.4, 0.5) is 0 Å². The lowest BCUT2D eigenvalue weighted by Crippen LogP contribution is -2.49. The predicted octanol–water partition coefficient (Wildman–Crippen LogP) is -0.899. The van der Waals surface area contributed by atoms with Crippen LogP contribution in [-0.2, 0) is 24.2 Å². The Morgan fingerprint density at radius 2 is 1.85 bits per heavy atom. The van der Waals surface area contributed by atoms with E-state index in [1.54, 1.807) is 14.7 Å². The fraction of sp³-hybridized carbons (Fsp3) is 0.824. The number of amides is 3. The molecule has 144 valence electrons. The molecule has 4 saturated heterocycles. The van der Waals surface area contributed by atoms with Gasteiger partial charge in [-0.2, -0.15) is 0 Å². The first-order chi connectivity index (χ1) is 12.2. The van der Waals surface area contributed by atoms with Gasteiger partial charge in [-0.25, -0.2) is 8.42 Å². The molecule has 0 aromatic carbocycles. The fourth-order valence-corrected chi connectivity index (χ4v) is 6.74. The average molecular weight is 383 g/mol. The standard InChI is InChI=1S/C17H25N3O5S/c1-18-14-2-4-19(8-11(14)6-15(18)21)17(23)12-7-16(22)20(9-12)13-3-5-26(24,25)10-13/h11-14H,2-10H2,1H3/t11-,12?,13?,14+/m0/s1. The summed E-state index contributed by atoms with van der Waals surface area (Å²) < 4.78 is 23.4. The molecular weight excluding hydrogens is 358 g/mol. The van der Waals surface area contributed by atoms with Gasteiger partial charge in [0.1, 0.15) is 0 Å². The van der Waals surface area contributed by atoms with Crippen LogP contribution in [0.5, 0.6) is 0 Å². The van der Waals surface area contributed by atoms with Crippen LogP contribution in [0.15, 0.2) is 0 Å². The van der Waals surface area contributed by atoms with Crippen LogP contribution in [0, 0.1) is 11.8 Å². The molecule has 2 unspecified atom stereocenters. The van der Waals surface area contributed by atoms with Gasteiger partial charge in [0.15, 0.2) is 9.84 Å². The van der Waals surface area contributed by atoms with Crippen molar-refractivity contribution in [3.05, 3.63) is 0 Å². The van der Waals surface area contributed by atoms with Crippen molar-refractivity contribution < 1.29 is 22.8 Å². The number of nitrogens with zero attached hydrogens (tertiary/aromatic N) is 3. The molecule has 0 saturated carbocycles. The van der Waals surface area contributed by atoms with Crippen LogP contribution < -0.4 is 0 Å². The van der Waals surface area contributed by atoms with Crippen molar-refractivity contribution in [2.75, 3.05) is 38.2 Å². The van der Waals surface area contributed by atoms with Gasteiger partial charge in [0.25, 0.3) is 0 Å². The van der Waals surface area contributed by atoms with Gasteiger partial charge in [-0.3, -0.25) is 14.4 Å². The molecule has 3 amide bonds. The Morgan fingerprint density at radius 1 is 1.08 bits per heavy atom. The van der Waals surface area contributed by atoms with E-state index < -0.39 is 15.8 Å². The second kappa shape index (κ2) is 6.21. The Bertz CT molecular complexity index is 751. The van der Waals surface area contributed by atoms with E-state index in [1.807, 2.05) is 7.05 Å². The number of hydrogen-bond acceptors (Lipinski definition) is 5. The molecule has 0 bridgehead atoms. The number of rotatable bonds is 2. The molecule has 0 aliphatic carbocycles. The summed E-state index contributed by atoms with van der Waals surface area (Å²) in [6, 6.07) is -0.0610. The fourth-order valence-electron chi connectivity index (χ4n) is 5.01. The third kappa shape index (κ3) is 3.00. The van der Waals surface area contributed by atoms with Crippen LogP contribution in [-0.4, -0.2) is 91.1 Å². The zero-order valence-corrected chi connectivity index (χ0v) is 15.8. The zero-order chi connectivity index (χ0) is 18.6. The van der Waals surface area contributed by atoms with Gasteiger partial charge in [0, 0.05) is 57.5 Å². The van der Waals surface area contributed by atoms with Crippen molar-refractivity contribution in [2.24, 2.45) is 11.8 Å². The first-order valence-corrected chi connectivity index (χ1v) is 11.1. The predicted molar refractivity (Wildman–Crippen MR) is 92.7 cm³/mol. The second-order valence-electron chi connectivity index (χ2n) is 8.11. The van der Waals surface area contributed by atoms with Crippen molar-refractivity contribution in [2.45, 2.75) is 37.8 Å². The maximum Gasteiger partial charge on any atom is 0.228 e. The van der Waals surface area contributed by atoms with Gasteiger partial charge in [0.2, 0.25) is 17.7 Å². The molecule has 4 rings (SSSR count). The quantitative estimate of drug-likeness (QED) is 0.616. The van der Waals surface area contributed by atoms with Gasteiger partial charge >= 0.3 is 0 Å². The summed E-state index contributed by atoms with van der Waals surface area (Å²) in [5, 5.41) is 0. The summed E-state index contributed by atoms with van der Waals surface area (Å²) in [6.07, 6.45) is 1.90. The molecule has 4 aliphatic rings. The first kappa shape index (κ1) is 17.8. The van der Waals surface area contributed by atoms with E-state index in [0.717, 1.165) is 6.42 Å². The van der Waals surface area contributed by atoms with E-state index in [1.165, 1.54) is 0 Å². The lowest BCUT2D eigenvalue weighted by Gasteiger charge is -2.37. The average Bonchev–Trinajstić information content (AvgIpc) is 3.23. The molecule has 0 N–H and O–H groups in total. The minimum Gasteiger partial charge on any atom is -0.342 e. The minimum atomic E-state index is -3.06. The highest BCUT2D eigenvalue weighted by atomic mass is 32.2. The molecular formula is C17H25N3O5S. The van der Waals surface area contributed by atoms with Crippen molar-refractivity contribution in [3.63, 3.8) is 0 Å². The Kier molecular flexibility index (Phi) is 4.24. The Balaban J connectivity index is 1.39. The molecule has 4 heterocycles. The van der Waals surface area contributed by atoms with Crippen LogP contribution >= 0.6 is 0 Å². The molecule has 0 spiro atoms. The van der Waals surface area contributed by atoms with Crippen LogP contribution in [0.25, 0.3) is 0 Å². The number of piperidine rings is 1. The Hall–Kier alpha value is -1.64. The molecule has 8 nitrogen and oxygen atoms in total. The smallest absolute Gasteiger partial charge is 0.228 e. The summed E-state index contributed by atoms with van der Waals surface area (Å²) in [5.41, 5.74) is 0. The highest BCUT2D eigenvalue weighted by molar-refractivity contribution is 7.91. The third-order valence-electron chi connectivity index (χ3n) is 6.49. The summed E-state index contributed by atoms with van der Waals surface area (Å²) in [6.45, 7) is 1.50. The molecule has 0 radical (unpaired) electrons. The van der Waals surface area contributed by atoms with E-state index >= 15 is 0 Å². The number of sulfone groups is 1. The summed E-state index contributed by atoms with van der Waals surface area (Å²) >= 11 is 0. The van der Waals surface area contributed by atoms with E-state index in [2.05, 4.69) is 0 Å². The van der Waals surface area contributed by atoms with Gasteiger partial charge in [0.05, 0.1) is 17.4 Å². The van der Waals surface area contributed by atoms with Crippen molar-refractivity contribution in [1.29, 1.82) is 0 Å². The molecule has 26 heavy (non-hydrogen) atoms. The molecule has 4 fully saturated rings. The van der Waals surface area contributed by atoms with Gasteiger partial charge in [-0.05, 0) is 12.8 Å². The van der Waals surface area contributed by atoms with Crippen molar-refractivity contribution in [1.82, 2.24) is 14.7 Å². The van der Waals surface area contributed by atoms with E-state index in [-0.39, 0.29) is 53.6 Å². The number of carbonyl (C=O) groups excluding carboxylic acids is 3. The molecule has 4 atom stereocenters. The maximum atomic E-state index is 12.9. The first-order valence-electron chi connectivity index (χ1n) is 9.29. The van der Waals surface area contributed by atoms with Crippen molar-refractivity contribution in [3.8, 4) is 0 Å². The summed E-state index contributed by atoms with van der Waals surface area (Å²) in [4.78, 5) is 42.4. The normalized spacial score (nSPS) is 36.7. The Labute approximate surface area is 153 Å². The van der Waals surface area contributed by atoms with Gasteiger partial charge < -0.3 is 14.7 Å². The van der Waals surface area contributed by atoms with E-state index in [9.17, 15) is 22.8 Å². The lowest BCUT2D eigenvalue weighted by molar-refractivity contribution is -0.138. The third-order valence-corrected chi connectivity index (χ3v) is 8.24.